The maximum Gasteiger partial charge on any atom is 0.191 e. The van der Waals surface area contributed by atoms with Crippen LogP contribution in [0.5, 0.6) is 0 Å². The van der Waals surface area contributed by atoms with Gasteiger partial charge in [0.15, 0.2) is 5.16 Å². The number of aromatic nitrogens is 2. The van der Waals surface area contributed by atoms with E-state index in [0.29, 0.717) is 0 Å². The molecule has 0 unspecified atom stereocenters. The summed E-state index contributed by atoms with van der Waals surface area (Å²) in [6, 6.07) is 10.3. The van der Waals surface area contributed by atoms with Gasteiger partial charge in [-0.1, -0.05) is 39.8 Å². The minimum atomic E-state index is 0.773. The Kier molecular flexibility index (Phi) is 5.25. The second-order valence-electron chi connectivity index (χ2n) is 4.33. The van der Waals surface area contributed by atoms with Crippen molar-refractivity contribution in [3.05, 3.63) is 40.4 Å². The first-order valence-corrected chi connectivity index (χ1v) is 8.20. The Balaban J connectivity index is 2.19. The zero-order chi connectivity index (χ0) is 14.5. The smallest absolute Gasteiger partial charge is 0.191 e. The lowest BCUT2D eigenvalue weighted by atomic mass is 10.2. The molecule has 0 saturated heterocycles. The molecule has 0 saturated carbocycles. The molecular formula is C14H17BrN4S. The predicted octanol–water partition coefficient (Wildman–Crippen LogP) is 3.64. The van der Waals surface area contributed by atoms with Crippen molar-refractivity contribution >= 4 is 39.3 Å². The Morgan fingerprint density at radius 3 is 2.55 bits per heavy atom. The summed E-state index contributed by atoms with van der Waals surface area (Å²) in [6.45, 7) is 0.807. The second kappa shape index (κ2) is 6.95. The Hall–Kier alpha value is -1.27. The molecule has 0 radical (unpaired) electrons. The van der Waals surface area contributed by atoms with Gasteiger partial charge in [-0.05, 0) is 24.0 Å². The molecule has 2 rings (SSSR count). The first-order chi connectivity index (χ1) is 9.62. The third kappa shape index (κ3) is 3.86. The number of nitrogens with one attached hydrogen (secondary N) is 1. The molecule has 0 atom stereocenters. The maximum atomic E-state index is 4.54. The van der Waals surface area contributed by atoms with Crippen LogP contribution in [-0.4, -0.2) is 30.3 Å². The van der Waals surface area contributed by atoms with Crippen molar-refractivity contribution in [1.82, 2.24) is 9.97 Å². The highest BCUT2D eigenvalue weighted by Crippen LogP contribution is 2.21. The van der Waals surface area contributed by atoms with E-state index in [9.17, 15) is 0 Å². The summed E-state index contributed by atoms with van der Waals surface area (Å²) < 4.78 is 1.09. The molecule has 1 N–H and O–H groups in total. The molecule has 1 heterocycles. The summed E-state index contributed by atoms with van der Waals surface area (Å²) in [5, 5.41) is 3.84. The highest BCUT2D eigenvalue weighted by molar-refractivity contribution is 9.10. The Labute approximate surface area is 132 Å². The third-order valence-electron chi connectivity index (χ3n) is 2.85. The van der Waals surface area contributed by atoms with E-state index >= 15 is 0 Å². The average Bonchev–Trinajstić information content (AvgIpc) is 2.48. The number of thioether (sulfide) groups is 1. The van der Waals surface area contributed by atoms with Crippen LogP contribution in [-0.2, 0) is 6.54 Å². The normalized spacial score (nSPS) is 10.4. The van der Waals surface area contributed by atoms with Gasteiger partial charge in [0.05, 0.1) is 0 Å². The van der Waals surface area contributed by atoms with Crippen LogP contribution < -0.4 is 10.2 Å². The van der Waals surface area contributed by atoms with Crippen molar-refractivity contribution in [3.63, 3.8) is 0 Å². The fourth-order valence-electron chi connectivity index (χ4n) is 1.77. The topological polar surface area (TPSA) is 41.0 Å². The molecule has 1 aromatic carbocycles. The van der Waals surface area contributed by atoms with E-state index in [1.807, 2.05) is 26.4 Å². The molecule has 2 aromatic rings. The first-order valence-electron chi connectivity index (χ1n) is 6.19. The lowest BCUT2D eigenvalue weighted by Gasteiger charge is -2.19. The summed E-state index contributed by atoms with van der Waals surface area (Å²) >= 11 is 4.99. The molecule has 1 aromatic heterocycles. The Morgan fingerprint density at radius 2 is 1.95 bits per heavy atom. The fraction of sp³-hybridized carbons (Fsp3) is 0.286. The van der Waals surface area contributed by atoms with Gasteiger partial charge in [-0.2, -0.15) is 0 Å². The Morgan fingerprint density at radius 1 is 1.25 bits per heavy atom. The standard InChI is InChI=1S/C14H17BrN4S/c1-16-12-8-13(18-14(17-12)20-3)19(2)9-10-4-6-11(15)7-5-10/h4-8H,9H2,1-3H3,(H,16,17,18). The molecule has 0 amide bonds. The number of rotatable bonds is 5. The van der Waals surface area contributed by atoms with E-state index in [2.05, 4.69) is 60.4 Å². The summed E-state index contributed by atoms with van der Waals surface area (Å²) in [4.78, 5) is 11.0. The molecule has 0 bridgehead atoms. The lowest BCUT2D eigenvalue weighted by Crippen LogP contribution is -2.18. The number of halogens is 1. The second-order valence-corrected chi connectivity index (χ2v) is 6.02. The molecule has 106 valence electrons. The minimum Gasteiger partial charge on any atom is -0.373 e. The average molecular weight is 353 g/mol. The van der Waals surface area contributed by atoms with Gasteiger partial charge < -0.3 is 10.2 Å². The van der Waals surface area contributed by atoms with Crippen LogP contribution >= 0.6 is 27.7 Å². The number of hydrogen-bond donors (Lipinski definition) is 1. The third-order valence-corrected chi connectivity index (χ3v) is 3.93. The minimum absolute atomic E-state index is 0.773. The van der Waals surface area contributed by atoms with E-state index in [1.165, 1.54) is 5.56 Å². The van der Waals surface area contributed by atoms with Crippen LogP contribution in [0.15, 0.2) is 40.0 Å². The van der Waals surface area contributed by atoms with Crippen LogP contribution in [0.25, 0.3) is 0 Å². The lowest BCUT2D eigenvalue weighted by molar-refractivity contribution is 0.858. The van der Waals surface area contributed by atoms with Crippen LogP contribution in [0.4, 0.5) is 11.6 Å². The highest BCUT2D eigenvalue weighted by Gasteiger charge is 2.08. The first kappa shape index (κ1) is 15.1. The molecule has 0 aliphatic carbocycles. The largest absolute Gasteiger partial charge is 0.373 e. The van der Waals surface area contributed by atoms with Gasteiger partial charge in [-0.25, -0.2) is 9.97 Å². The van der Waals surface area contributed by atoms with Crippen molar-refractivity contribution in [2.45, 2.75) is 11.7 Å². The monoisotopic (exact) mass is 352 g/mol. The molecule has 0 aliphatic rings. The van der Waals surface area contributed by atoms with Gasteiger partial charge in [0.25, 0.3) is 0 Å². The summed E-state index contributed by atoms with van der Waals surface area (Å²) in [5.41, 5.74) is 1.24. The van der Waals surface area contributed by atoms with Crippen LogP contribution in [0.2, 0.25) is 0 Å². The van der Waals surface area contributed by atoms with E-state index in [0.717, 1.165) is 27.8 Å². The maximum absolute atomic E-state index is 4.54. The SMILES string of the molecule is CNc1cc(N(C)Cc2ccc(Br)cc2)nc(SC)n1. The predicted molar refractivity (Wildman–Crippen MR) is 89.6 cm³/mol. The van der Waals surface area contributed by atoms with Gasteiger partial charge in [-0.3, -0.25) is 0 Å². The molecule has 6 heteroatoms. The van der Waals surface area contributed by atoms with Crippen molar-refractivity contribution in [2.24, 2.45) is 0 Å². The molecule has 20 heavy (non-hydrogen) atoms. The van der Waals surface area contributed by atoms with E-state index in [1.54, 1.807) is 11.8 Å². The van der Waals surface area contributed by atoms with Gasteiger partial charge in [-0.15, -0.1) is 0 Å². The number of hydrogen-bond acceptors (Lipinski definition) is 5. The summed E-state index contributed by atoms with van der Waals surface area (Å²) in [5.74, 6) is 1.75. The number of benzene rings is 1. The molecular weight excluding hydrogens is 336 g/mol. The quantitative estimate of drug-likeness (QED) is 0.657. The molecule has 0 spiro atoms. The zero-order valence-corrected chi connectivity index (χ0v) is 14.1. The number of anilines is 2. The fourth-order valence-corrected chi connectivity index (χ4v) is 2.41. The molecule has 0 aliphatic heterocycles. The summed E-state index contributed by atoms with van der Waals surface area (Å²) in [7, 11) is 3.90. The van der Waals surface area contributed by atoms with Crippen LogP contribution in [0.3, 0.4) is 0 Å². The van der Waals surface area contributed by atoms with Crippen molar-refractivity contribution < 1.29 is 0 Å². The van der Waals surface area contributed by atoms with Gasteiger partial charge in [0, 0.05) is 31.2 Å². The van der Waals surface area contributed by atoms with Gasteiger partial charge in [0.2, 0.25) is 0 Å². The molecule has 0 fully saturated rings. The molecule has 4 nitrogen and oxygen atoms in total. The van der Waals surface area contributed by atoms with E-state index in [-0.39, 0.29) is 0 Å². The van der Waals surface area contributed by atoms with E-state index in [4.69, 9.17) is 0 Å². The van der Waals surface area contributed by atoms with Crippen molar-refractivity contribution in [3.8, 4) is 0 Å². The van der Waals surface area contributed by atoms with Crippen LogP contribution in [0.1, 0.15) is 5.56 Å². The van der Waals surface area contributed by atoms with E-state index < -0.39 is 0 Å². The van der Waals surface area contributed by atoms with Crippen molar-refractivity contribution in [1.29, 1.82) is 0 Å². The zero-order valence-electron chi connectivity index (χ0n) is 11.7. The van der Waals surface area contributed by atoms with Crippen LogP contribution in [0, 0.1) is 0 Å². The highest BCUT2D eigenvalue weighted by atomic mass is 79.9. The number of nitrogens with zero attached hydrogens (tertiary/aromatic N) is 3. The van der Waals surface area contributed by atoms with Gasteiger partial charge >= 0.3 is 0 Å². The summed E-state index contributed by atoms with van der Waals surface area (Å²) in [6.07, 6.45) is 1.98. The van der Waals surface area contributed by atoms with Crippen molar-refractivity contribution in [2.75, 3.05) is 30.6 Å². The van der Waals surface area contributed by atoms with Gasteiger partial charge in [0.1, 0.15) is 11.6 Å². The Bertz CT molecular complexity index is 552.